The zero-order chi connectivity index (χ0) is 16.6. The summed E-state index contributed by atoms with van der Waals surface area (Å²) < 4.78 is 5.33. The van der Waals surface area contributed by atoms with Gasteiger partial charge < -0.3 is 15.4 Å². The fourth-order valence-electron chi connectivity index (χ4n) is 2.38. The van der Waals surface area contributed by atoms with Gasteiger partial charge in [-0.3, -0.25) is 14.7 Å². The first kappa shape index (κ1) is 16.8. The Bertz CT molecular complexity index is 643. The summed E-state index contributed by atoms with van der Waals surface area (Å²) in [5.74, 6) is -0.113. The molecule has 0 radical (unpaired) electrons. The summed E-state index contributed by atoms with van der Waals surface area (Å²) in [5.41, 5.74) is 0.972. The van der Waals surface area contributed by atoms with Gasteiger partial charge in [0.05, 0.1) is 19.4 Å². The lowest BCUT2D eigenvalue weighted by atomic mass is 10.3. The summed E-state index contributed by atoms with van der Waals surface area (Å²) in [6.07, 6.45) is 5.06. The highest BCUT2D eigenvalue weighted by atomic mass is 32.1. The second-order valence-electron chi connectivity index (χ2n) is 5.45. The molecule has 8 heteroatoms. The van der Waals surface area contributed by atoms with Gasteiger partial charge >= 0.3 is 0 Å². The fraction of sp³-hybridized carbons (Fsp3) is 0.438. The van der Waals surface area contributed by atoms with Crippen molar-refractivity contribution in [2.45, 2.75) is 6.54 Å². The Morgan fingerprint density at radius 1 is 1.33 bits per heavy atom. The molecule has 24 heavy (non-hydrogen) atoms. The predicted molar refractivity (Wildman–Crippen MR) is 93.3 cm³/mol. The van der Waals surface area contributed by atoms with Gasteiger partial charge in [-0.25, -0.2) is 4.98 Å². The molecule has 1 aliphatic rings. The maximum absolute atomic E-state index is 12.1. The average molecular weight is 347 g/mol. The van der Waals surface area contributed by atoms with Crippen molar-refractivity contribution in [3.63, 3.8) is 0 Å². The lowest BCUT2D eigenvalue weighted by Crippen LogP contribution is -2.38. The number of amides is 1. The van der Waals surface area contributed by atoms with Crippen molar-refractivity contribution in [3.8, 4) is 0 Å². The van der Waals surface area contributed by atoms with E-state index in [1.807, 2.05) is 12.1 Å². The molecule has 0 aliphatic carbocycles. The Labute approximate surface area is 145 Å². The topological polar surface area (TPSA) is 79.4 Å². The number of hydrogen-bond acceptors (Lipinski definition) is 7. The van der Waals surface area contributed by atoms with Crippen molar-refractivity contribution in [3.05, 3.63) is 41.2 Å². The Kier molecular flexibility index (Phi) is 6.11. The van der Waals surface area contributed by atoms with Crippen LogP contribution in [0.5, 0.6) is 0 Å². The van der Waals surface area contributed by atoms with Gasteiger partial charge in [-0.1, -0.05) is 17.4 Å². The molecule has 0 unspecified atom stereocenters. The van der Waals surface area contributed by atoms with Gasteiger partial charge in [0, 0.05) is 45.1 Å². The van der Waals surface area contributed by atoms with Gasteiger partial charge in [0.15, 0.2) is 5.13 Å². The highest BCUT2D eigenvalue weighted by Gasteiger charge is 2.12. The third kappa shape index (κ3) is 4.98. The fourth-order valence-corrected chi connectivity index (χ4v) is 3.14. The molecule has 1 saturated heterocycles. The molecule has 2 N–H and O–H groups in total. The maximum Gasteiger partial charge on any atom is 0.263 e. The van der Waals surface area contributed by atoms with E-state index in [1.165, 1.54) is 11.3 Å². The highest BCUT2D eigenvalue weighted by molar-refractivity contribution is 7.17. The van der Waals surface area contributed by atoms with Crippen molar-refractivity contribution in [1.82, 2.24) is 20.2 Å². The minimum Gasteiger partial charge on any atom is -0.379 e. The molecule has 0 aromatic carbocycles. The Balaban J connectivity index is 1.41. The van der Waals surface area contributed by atoms with Crippen LogP contribution in [-0.2, 0) is 11.3 Å². The number of aromatic nitrogens is 2. The molecular weight excluding hydrogens is 326 g/mol. The predicted octanol–water partition coefficient (Wildman–Crippen LogP) is 1.21. The zero-order valence-corrected chi connectivity index (χ0v) is 14.2. The number of thiazole rings is 1. The maximum atomic E-state index is 12.1. The zero-order valence-electron chi connectivity index (χ0n) is 13.4. The number of morpholine rings is 1. The van der Waals surface area contributed by atoms with Crippen LogP contribution in [0.15, 0.2) is 30.7 Å². The van der Waals surface area contributed by atoms with E-state index >= 15 is 0 Å². The van der Waals surface area contributed by atoms with E-state index in [2.05, 4.69) is 25.5 Å². The summed E-state index contributed by atoms with van der Waals surface area (Å²) in [5, 5.41) is 6.93. The van der Waals surface area contributed by atoms with Gasteiger partial charge in [-0.2, -0.15) is 0 Å². The largest absolute Gasteiger partial charge is 0.379 e. The summed E-state index contributed by atoms with van der Waals surface area (Å²) >= 11 is 1.37. The summed E-state index contributed by atoms with van der Waals surface area (Å²) in [4.78, 5) is 23.4. The second kappa shape index (κ2) is 8.72. The molecule has 2 aromatic rings. The standard InChI is InChI=1S/C16H21N5O2S/c22-15(19-11-13-2-1-3-17-10-13)14-12-20-16(24-14)18-4-5-21-6-8-23-9-7-21/h1-3,10,12H,4-9,11H2,(H,18,20)(H,19,22). The Morgan fingerprint density at radius 3 is 3.00 bits per heavy atom. The van der Waals surface area contributed by atoms with E-state index in [1.54, 1.807) is 18.6 Å². The monoisotopic (exact) mass is 347 g/mol. The van der Waals surface area contributed by atoms with Gasteiger partial charge in [0.25, 0.3) is 5.91 Å². The molecule has 3 rings (SSSR count). The van der Waals surface area contributed by atoms with Crippen LogP contribution in [0, 0.1) is 0 Å². The normalized spacial score (nSPS) is 15.2. The number of ether oxygens (including phenoxy) is 1. The first-order chi connectivity index (χ1) is 11.8. The van der Waals surface area contributed by atoms with Crippen molar-refractivity contribution in [1.29, 1.82) is 0 Å². The van der Waals surface area contributed by atoms with Crippen LogP contribution in [0.2, 0.25) is 0 Å². The SMILES string of the molecule is O=C(NCc1cccnc1)c1cnc(NCCN2CCOCC2)s1. The second-order valence-corrected chi connectivity index (χ2v) is 6.49. The molecule has 128 valence electrons. The number of nitrogens with one attached hydrogen (secondary N) is 2. The van der Waals surface area contributed by atoms with Crippen LogP contribution in [0.25, 0.3) is 0 Å². The molecule has 2 aromatic heterocycles. The number of nitrogens with zero attached hydrogens (tertiary/aromatic N) is 3. The minimum absolute atomic E-state index is 0.113. The van der Waals surface area contributed by atoms with Crippen LogP contribution in [-0.4, -0.2) is 60.2 Å². The van der Waals surface area contributed by atoms with Crippen LogP contribution in [0.4, 0.5) is 5.13 Å². The highest BCUT2D eigenvalue weighted by Crippen LogP contribution is 2.17. The molecule has 0 atom stereocenters. The van der Waals surface area contributed by atoms with E-state index in [-0.39, 0.29) is 5.91 Å². The molecular formula is C16H21N5O2S. The minimum atomic E-state index is -0.113. The van der Waals surface area contributed by atoms with E-state index in [0.717, 1.165) is 50.1 Å². The molecule has 0 spiro atoms. The first-order valence-electron chi connectivity index (χ1n) is 7.98. The van der Waals surface area contributed by atoms with E-state index in [9.17, 15) is 4.79 Å². The van der Waals surface area contributed by atoms with Crippen molar-refractivity contribution < 1.29 is 9.53 Å². The van der Waals surface area contributed by atoms with E-state index < -0.39 is 0 Å². The molecule has 1 aliphatic heterocycles. The van der Waals surface area contributed by atoms with E-state index in [0.29, 0.717) is 11.4 Å². The summed E-state index contributed by atoms with van der Waals surface area (Å²) in [6, 6.07) is 3.78. The quantitative estimate of drug-likeness (QED) is 0.784. The lowest BCUT2D eigenvalue weighted by Gasteiger charge is -2.26. The summed E-state index contributed by atoms with van der Waals surface area (Å²) in [6.45, 7) is 5.78. The number of pyridine rings is 1. The van der Waals surface area contributed by atoms with Crippen LogP contribution in [0.3, 0.4) is 0 Å². The number of hydrogen-bond donors (Lipinski definition) is 2. The number of rotatable bonds is 7. The van der Waals surface area contributed by atoms with Crippen LogP contribution >= 0.6 is 11.3 Å². The number of anilines is 1. The third-order valence-electron chi connectivity index (χ3n) is 3.71. The molecule has 1 amide bonds. The molecule has 3 heterocycles. The van der Waals surface area contributed by atoms with Gasteiger partial charge in [0.1, 0.15) is 4.88 Å². The molecule has 0 bridgehead atoms. The number of carbonyl (C=O) groups excluding carboxylic acids is 1. The molecule has 7 nitrogen and oxygen atoms in total. The van der Waals surface area contributed by atoms with Gasteiger partial charge in [-0.05, 0) is 11.6 Å². The first-order valence-corrected chi connectivity index (χ1v) is 8.80. The third-order valence-corrected chi connectivity index (χ3v) is 4.67. The average Bonchev–Trinajstić information content (AvgIpc) is 3.10. The smallest absolute Gasteiger partial charge is 0.263 e. The lowest BCUT2D eigenvalue weighted by molar-refractivity contribution is 0.0398. The Morgan fingerprint density at radius 2 is 2.21 bits per heavy atom. The van der Waals surface area contributed by atoms with Crippen LogP contribution in [0.1, 0.15) is 15.2 Å². The molecule has 1 fully saturated rings. The van der Waals surface area contributed by atoms with E-state index in [4.69, 9.17) is 4.74 Å². The van der Waals surface area contributed by atoms with Gasteiger partial charge in [0.2, 0.25) is 0 Å². The van der Waals surface area contributed by atoms with Crippen molar-refractivity contribution >= 4 is 22.4 Å². The van der Waals surface area contributed by atoms with Crippen LogP contribution < -0.4 is 10.6 Å². The summed E-state index contributed by atoms with van der Waals surface area (Å²) in [7, 11) is 0. The Hall–Kier alpha value is -2.03. The van der Waals surface area contributed by atoms with Gasteiger partial charge in [-0.15, -0.1) is 0 Å². The molecule has 0 saturated carbocycles. The van der Waals surface area contributed by atoms with Crippen molar-refractivity contribution in [2.24, 2.45) is 0 Å². The van der Waals surface area contributed by atoms with Crippen molar-refractivity contribution in [2.75, 3.05) is 44.7 Å². The number of carbonyl (C=O) groups is 1.